The van der Waals surface area contributed by atoms with Crippen molar-refractivity contribution in [3.8, 4) is 0 Å². The van der Waals surface area contributed by atoms with E-state index in [2.05, 4.69) is 11.6 Å². The van der Waals surface area contributed by atoms with Crippen LogP contribution in [0.15, 0.2) is 43.1 Å². The minimum Gasteiger partial charge on any atom is -0.305 e. The Hall–Kier alpha value is -1.48. The van der Waals surface area contributed by atoms with Crippen molar-refractivity contribution < 1.29 is 13.6 Å². The van der Waals surface area contributed by atoms with Crippen LogP contribution in [0.5, 0.6) is 0 Å². The second-order valence-corrected chi connectivity index (χ2v) is 6.24. The van der Waals surface area contributed by atoms with E-state index >= 15 is 0 Å². The number of fused-ring (bicyclic) bond motifs is 1. The number of hydrogen-bond donors (Lipinski definition) is 0. The van der Waals surface area contributed by atoms with E-state index in [-0.39, 0.29) is 0 Å². The van der Waals surface area contributed by atoms with Crippen LogP contribution >= 0.6 is 7.60 Å². The lowest BCUT2D eigenvalue weighted by atomic mass is 10.1. The second kappa shape index (κ2) is 6.31. The van der Waals surface area contributed by atoms with Crippen molar-refractivity contribution in [1.29, 1.82) is 0 Å². The van der Waals surface area contributed by atoms with Gasteiger partial charge in [0.25, 0.3) is 0 Å². The van der Waals surface area contributed by atoms with Gasteiger partial charge in [0.1, 0.15) is 0 Å². The van der Waals surface area contributed by atoms with E-state index in [0.717, 1.165) is 16.5 Å². The molecule has 2 aromatic rings. The first-order valence-corrected chi connectivity index (χ1v) is 8.08. The second-order valence-electron chi connectivity index (χ2n) is 4.19. The van der Waals surface area contributed by atoms with Crippen molar-refractivity contribution in [3.63, 3.8) is 0 Å². The van der Waals surface area contributed by atoms with Crippen LogP contribution < -0.4 is 0 Å². The summed E-state index contributed by atoms with van der Waals surface area (Å²) >= 11 is 0. The van der Waals surface area contributed by atoms with Gasteiger partial charge in [0, 0.05) is 11.6 Å². The highest BCUT2D eigenvalue weighted by molar-refractivity contribution is 7.65. The van der Waals surface area contributed by atoms with Gasteiger partial charge in [-0.15, -0.1) is 0 Å². The molecule has 0 radical (unpaired) electrons. The predicted octanol–water partition coefficient (Wildman–Crippen LogP) is 4.47. The summed E-state index contributed by atoms with van der Waals surface area (Å²) in [5, 5.41) is 1.35. The molecule has 0 saturated carbocycles. The number of aromatic nitrogens is 1. The topological polar surface area (TPSA) is 48.4 Å². The largest absolute Gasteiger partial charge is 0.361 e. The van der Waals surface area contributed by atoms with Crippen LogP contribution in [0.2, 0.25) is 0 Å². The third-order valence-electron chi connectivity index (χ3n) is 2.86. The molecule has 0 aliphatic carbocycles. The maximum absolute atomic E-state index is 12.7. The molecule has 5 heteroatoms. The number of nitrogens with zero attached hydrogens (tertiary/aromatic N) is 1. The highest BCUT2D eigenvalue weighted by Gasteiger charge is 2.29. The van der Waals surface area contributed by atoms with Crippen molar-refractivity contribution in [3.05, 3.63) is 48.7 Å². The van der Waals surface area contributed by atoms with E-state index in [1.165, 1.54) is 0 Å². The first-order chi connectivity index (χ1) is 9.60. The van der Waals surface area contributed by atoms with Gasteiger partial charge in [-0.3, -0.25) is 9.55 Å². The number of hydrogen-bond acceptors (Lipinski definition) is 4. The molecule has 0 fully saturated rings. The molecule has 0 spiro atoms. The number of benzene rings is 1. The highest BCUT2D eigenvalue weighted by Crippen LogP contribution is 2.59. The molecule has 0 saturated heterocycles. The summed E-state index contributed by atoms with van der Waals surface area (Å²) in [5.41, 5.74) is 1.63. The molecule has 0 bridgehead atoms. The molecule has 0 amide bonds. The SMILES string of the molecule is C=C(c1ccc2ncccc2c1)P(=O)(OCC)OCC. The van der Waals surface area contributed by atoms with Crippen LogP contribution in [0.4, 0.5) is 0 Å². The maximum Gasteiger partial charge on any atom is 0.361 e. The van der Waals surface area contributed by atoms with Crippen LogP contribution in [-0.4, -0.2) is 18.2 Å². The Labute approximate surface area is 119 Å². The van der Waals surface area contributed by atoms with Crippen LogP contribution in [0.1, 0.15) is 19.4 Å². The average Bonchev–Trinajstić information content (AvgIpc) is 2.46. The van der Waals surface area contributed by atoms with Gasteiger partial charge in [-0.1, -0.05) is 18.7 Å². The monoisotopic (exact) mass is 291 g/mol. The molecule has 1 aromatic heterocycles. The van der Waals surface area contributed by atoms with Crippen LogP contribution in [-0.2, 0) is 13.6 Å². The first-order valence-electron chi connectivity index (χ1n) is 6.54. The summed E-state index contributed by atoms with van der Waals surface area (Å²) in [7, 11) is -3.33. The Bertz CT molecular complexity index is 659. The summed E-state index contributed by atoms with van der Waals surface area (Å²) in [4.78, 5) is 4.26. The van der Waals surface area contributed by atoms with E-state index in [1.807, 2.05) is 30.3 Å². The molecule has 1 heterocycles. The standard InChI is InChI=1S/C15H18NO3P/c1-4-18-20(17,19-5-2)12(3)13-8-9-15-14(11-13)7-6-10-16-15/h6-11H,3-5H2,1-2H3. The Morgan fingerprint density at radius 1 is 1.25 bits per heavy atom. The van der Waals surface area contributed by atoms with Gasteiger partial charge in [-0.2, -0.15) is 0 Å². The van der Waals surface area contributed by atoms with Crippen molar-refractivity contribution in [2.45, 2.75) is 13.8 Å². The quantitative estimate of drug-likeness (QED) is 0.737. The summed E-state index contributed by atoms with van der Waals surface area (Å²) in [5.74, 6) is 0. The van der Waals surface area contributed by atoms with Gasteiger partial charge in [0.05, 0.1) is 24.0 Å². The third-order valence-corrected chi connectivity index (χ3v) is 4.98. The molecular formula is C15H18NO3P. The van der Waals surface area contributed by atoms with Gasteiger partial charge in [-0.05, 0) is 37.6 Å². The average molecular weight is 291 g/mol. The lowest BCUT2D eigenvalue weighted by molar-refractivity contribution is 0.230. The van der Waals surface area contributed by atoms with E-state index < -0.39 is 7.60 Å². The fourth-order valence-electron chi connectivity index (χ4n) is 1.95. The van der Waals surface area contributed by atoms with Crippen LogP contribution in [0.25, 0.3) is 16.2 Å². The zero-order valence-electron chi connectivity index (χ0n) is 11.7. The lowest BCUT2D eigenvalue weighted by Gasteiger charge is -2.19. The summed E-state index contributed by atoms with van der Waals surface area (Å²) in [6.07, 6.45) is 1.74. The van der Waals surface area contributed by atoms with E-state index in [1.54, 1.807) is 20.0 Å². The Morgan fingerprint density at radius 3 is 2.60 bits per heavy atom. The highest BCUT2D eigenvalue weighted by atomic mass is 31.2. The predicted molar refractivity (Wildman–Crippen MR) is 81.6 cm³/mol. The summed E-state index contributed by atoms with van der Waals surface area (Å²) < 4.78 is 23.3. The third kappa shape index (κ3) is 2.98. The first kappa shape index (κ1) is 14.9. The zero-order chi connectivity index (χ0) is 14.6. The normalized spacial score (nSPS) is 11.7. The van der Waals surface area contributed by atoms with Crippen molar-refractivity contribution in [1.82, 2.24) is 4.98 Å². The molecule has 106 valence electrons. The Morgan fingerprint density at radius 2 is 1.95 bits per heavy atom. The van der Waals surface area contributed by atoms with Crippen molar-refractivity contribution >= 4 is 23.8 Å². The van der Waals surface area contributed by atoms with Crippen molar-refractivity contribution in [2.24, 2.45) is 0 Å². The number of rotatable bonds is 6. The molecule has 0 aliphatic rings. The minimum atomic E-state index is -3.33. The smallest absolute Gasteiger partial charge is 0.305 e. The van der Waals surface area contributed by atoms with E-state index in [4.69, 9.17) is 9.05 Å². The van der Waals surface area contributed by atoms with Gasteiger partial charge in [-0.25, -0.2) is 0 Å². The fraction of sp³-hybridized carbons (Fsp3) is 0.267. The zero-order valence-corrected chi connectivity index (χ0v) is 12.6. The van der Waals surface area contributed by atoms with Crippen LogP contribution in [0, 0.1) is 0 Å². The van der Waals surface area contributed by atoms with Gasteiger partial charge < -0.3 is 9.05 Å². The number of pyridine rings is 1. The van der Waals surface area contributed by atoms with E-state index in [0.29, 0.717) is 18.5 Å². The molecule has 1 aromatic carbocycles. The van der Waals surface area contributed by atoms with Crippen molar-refractivity contribution in [2.75, 3.05) is 13.2 Å². The van der Waals surface area contributed by atoms with Crippen LogP contribution in [0.3, 0.4) is 0 Å². The van der Waals surface area contributed by atoms with Gasteiger partial charge >= 0.3 is 7.60 Å². The lowest BCUT2D eigenvalue weighted by Crippen LogP contribution is -1.98. The molecule has 0 aliphatic heterocycles. The Balaban J connectivity index is 2.41. The van der Waals surface area contributed by atoms with Gasteiger partial charge in [0.2, 0.25) is 0 Å². The maximum atomic E-state index is 12.7. The molecule has 20 heavy (non-hydrogen) atoms. The summed E-state index contributed by atoms with van der Waals surface area (Å²) in [6, 6.07) is 9.42. The molecule has 0 atom stereocenters. The summed E-state index contributed by atoms with van der Waals surface area (Å²) in [6.45, 7) is 8.09. The Kier molecular flexibility index (Phi) is 4.71. The van der Waals surface area contributed by atoms with Gasteiger partial charge in [0.15, 0.2) is 0 Å². The van der Waals surface area contributed by atoms with E-state index in [9.17, 15) is 4.57 Å². The fourth-order valence-corrected chi connectivity index (χ4v) is 3.47. The molecule has 2 rings (SSSR count). The molecular weight excluding hydrogens is 273 g/mol. The minimum absolute atomic E-state index is 0.311. The molecule has 4 nitrogen and oxygen atoms in total. The molecule has 0 unspecified atom stereocenters. The molecule has 0 N–H and O–H groups in total.